The van der Waals surface area contributed by atoms with Gasteiger partial charge in [-0.1, -0.05) is 60.7 Å². The van der Waals surface area contributed by atoms with Crippen LogP contribution in [-0.4, -0.2) is 43.7 Å². The van der Waals surface area contributed by atoms with Crippen LogP contribution in [0.2, 0.25) is 0 Å². The lowest BCUT2D eigenvalue weighted by molar-refractivity contribution is -0.929. The number of nitrogens with one attached hydrogen (secondary N) is 1. The van der Waals surface area contributed by atoms with Crippen LogP contribution < -0.4 is 17.7 Å². The largest absolute Gasteiger partial charge is 1.00 e. The third kappa shape index (κ3) is 5.77. The lowest BCUT2D eigenvalue weighted by atomic mass is 9.99. The molecule has 0 atom stereocenters. The molecule has 1 saturated heterocycles. The van der Waals surface area contributed by atoms with Gasteiger partial charge in [0.2, 0.25) is 0 Å². The molecule has 5 heteroatoms. The maximum Gasteiger partial charge on any atom is 0.256 e. The molecule has 1 fully saturated rings. The van der Waals surface area contributed by atoms with Crippen molar-refractivity contribution in [1.82, 2.24) is 0 Å². The topological polar surface area (TPSA) is 38.3 Å². The van der Waals surface area contributed by atoms with Gasteiger partial charge in [0.05, 0.1) is 33.4 Å². The summed E-state index contributed by atoms with van der Waals surface area (Å²) >= 11 is 0. The third-order valence-electron chi connectivity index (χ3n) is 6.24. The zero-order valence-electron chi connectivity index (χ0n) is 18.8. The maximum absolute atomic E-state index is 13.0. The molecule has 0 bridgehead atoms. The van der Waals surface area contributed by atoms with E-state index in [4.69, 9.17) is 4.74 Å². The van der Waals surface area contributed by atoms with Crippen molar-refractivity contribution in [3.8, 4) is 11.1 Å². The highest BCUT2D eigenvalue weighted by molar-refractivity contribution is 6.08. The van der Waals surface area contributed by atoms with E-state index >= 15 is 0 Å². The summed E-state index contributed by atoms with van der Waals surface area (Å²) in [6.07, 6.45) is 2.23. The fourth-order valence-corrected chi connectivity index (χ4v) is 4.43. The van der Waals surface area contributed by atoms with Crippen molar-refractivity contribution >= 4 is 11.6 Å². The zero-order chi connectivity index (χ0) is 21.7. The Hall–Kier alpha value is -2.66. The molecule has 1 aliphatic heterocycles. The number of halogens is 1. The second-order valence-corrected chi connectivity index (χ2v) is 8.84. The predicted octanol–water partition coefficient (Wildman–Crippen LogP) is 2.37. The van der Waals surface area contributed by atoms with Crippen LogP contribution in [0.3, 0.4) is 0 Å². The van der Waals surface area contributed by atoms with Crippen LogP contribution >= 0.6 is 0 Å². The maximum atomic E-state index is 13.0. The minimum atomic E-state index is -0.0921. The lowest BCUT2D eigenvalue weighted by Crippen LogP contribution is -3.00. The van der Waals surface area contributed by atoms with Gasteiger partial charge in [0, 0.05) is 29.7 Å². The number of ether oxygens (including phenoxy) is 1. The first-order valence-electron chi connectivity index (χ1n) is 11.0. The van der Waals surface area contributed by atoms with Crippen LogP contribution in [0.5, 0.6) is 0 Å². The molecule has 0 saturated carbocycles. The Morgan fingerprint density at radius 2 is 1.53 bits per heavy atom. The average molecular weight is 451 g/mol. The summed E-state index contributed by atoms with van der Waals surface area (Å²) in [7, 11) is 4.60. The summed E-state index contributed by atoms with van der Waals surface area (Å²) in [5.74, 6) is -0.0921. The Balaban J connectivity index is 0.00000289. The minimum Gasteiger partial charge on any atom is -1.00 e. The van der Waals surface area contributed by atoms with Crippen molar-refractivity contribution in [2.75, 3.05) is 32.6 Å². The van der Waals surface area contributed by atoms with E-state index in [0.29, 0.717) is 11.6 Å². The molecule has 32 heavy (non-hydrogen) atoms. The monoisotopic (exact) mass is 450 g/mol. The fraction of sp³-hybridized carbons (Fsp3) is 0.296. The van der Waals surface area contributed by atoms with Crippen LogP contribution in [0.4, 0.5) is 5.69 Å². The van der Waals surface area contributed by atoms with Crippen molar-refractivity contribution in [3.63, 3.8) is 0 Å². The molecule has 4 rings (SSSR count). The quantitative estimate of drug-likeness (QED) is 0.585. The molecule has 1 amide bonds. The van der Waals surface area contributed by atoms with E-state index in [-0.39, 0.29) is 18.3 Å². The number of rotatable bonds is 6. The van der Waals surface area contributed by atoms with Gasteiger partial charge in [-0.3, -0.25) is 4.79 Å². The molecule has 0 unspecified atom stereocenters. The highest BCUT2D eigenvalue weighted by Gasteiger charge is 2.30. The van der Waals surface area contributed by atoms with Gasteiger partial charge in [-0.15, -0.1) is 0 Å². The number of carbonyl (C=O) groups is 1. The summed E-state index contributed by atoms with van der Waals surface area (Å²) in [6.45, 7) is 2.69. The second kappa shape index (κ2) is 10.8. The summed E-state index contributed by atoms with van der Waals surface area (Å²) in [6, 6.07) is 26.6. The number of hydrogen-bond donors (Lipinski definition) is 1. The summed E-state index contributed by atoms with van der Waals surface area (Å²) < 4.78 is 6.48. The van der Waals surface area contributed by atoms with E-state index in [1.165, 1.54) is 5.56 Å². The second-order valence-electron chi connectivity index (χ2n) is 8.84. The van der Waals surface area contributed by atoms with E-state index < -0.39 is 0 Å². The normalized spacial score (nSPS) is 14.4. The van der Waals surface area contributed by atoms with Gasteiger partial charge in [-0.05, 0) is 29.3 Å². The van der Waals surface area contributed by atoms with Gasteiger partial charge in [0.1, 0.15) is 6.54 Å². The number of anilines is 1. The van der Waals surface area contributed by atoms with Crippen LogP contribution in [0, 0.1) is 0 Å². The Bertz CT molecular complexity index is 1010. The molecule has 1 N–H and O–H groups in total. The Morgan fingerprint density at radius 1 is 0.906 bits per heavy atom. The highest BCUT2D eigenvalue weighted by Crippen LogP contribution is 2.25. The molecule has 1 heterocycles. The predicted molar refractivity (Wildman–Crippen MR) is 126 cm³/mol. The Kier molecular flexibility index (Phi) is 8.08. The molecular weight excluding hydrogens is 420 g/mol. The lowest BCUT2D eigenvalue weighted by Gasteiger charge is -2.40. The van der Waals surface area contributed by atoms with Gasteiger partial charge in [0.25, 0.3) is 5.91 Å². The highest BCUT2D eigenvalue weighted by atomic mass is 35.5. The SMILES string of the molecule is C[N+](C)(Cc1ccc(NC(=O)c2ccccc2-c2ccccc2)cc1)C1CCOCC1.[Cl-]. The number of quaternary nitrogens is 1. The van der Waals surface area contributed by atoms with Crippen LogP contribution in [0.1, 0.15) is 28.8 Å². The fourth-order valence-electron chi connectivity index (χ4n) is 4.43. The molecule has 0 aliphatic carbocycles. The van der Waals surface area contributed by atoms with E-state index in [0.717, 1.165) is 53.9 Å². The van der Waals surface area contributed by atoms with Crippen LogP contribution in [0.15, 0.2) is 78.9 Å². The number of nitrogens with zero attached hydrogens (tertiary/aromatic N) is 1. The first-order valence-corrected chi connectivity index (χ1v) is 11.0. The third-order valence-corrected chi connectivity index (χ3v) is 6.24. The molecule has 0 radical (unpaired) electrons. The van der Waals surface area contributed by atoms with E-state index in [1.54, 1.807) is 0 Å². The smallest absolute Gasteiger partial charge is 0.256 e. The summed E-state index contributed by atoms with van der Waals surface area (Å²) in [4.78, 5) is 13.0. The summed E-state index contributed by atoms with van der Waals surface area (Å²) in [5.41, 5.74) is 4.74. The molecule has 3 aromatic carbocycles. The van der Waals surface area contributed by atoms with Crippen molar-refractivity contribution < 1.29 is 26.4 Å². The van der Waals surface area contributed by atoms with Gasteiger partial charge < -0.3 is 26.9 Å². The molecule has 0 spiro atoms. The zero-order valence-corrected chi connectivity index (χ0v) is 19.5. The van der Waals surface area contributed by atoms with Crippen molar-refractivity contribution in [2.24, 2.45) is 0 Å². The van der Waals surface area contributed by atoms with E-state index in [9.17, 15) is 4.79 Å². The molecule has 3 aromatic rings. The van der Waals surface area contributed by atoms with Gasteiger partial charge >= 0.3 is 0 Å². The Morgan fingerprint density at radius 3 is 2.22 bits per heavy atom. The standard InChI is InChI=1S/C27H30N2O2.ClH/c1-29(2,24-16-18-31-19-17-24)20-21-12-14-23(15-13-21)28-27(30)26-11-7-6-10-25(26)22-8-4-3-5-9-22;/h3-15,24H,16-20H2,1-2H3;1H. The Labute approximate surface area is 197 Å². The number of amides is 1. The van der Waals surface area contributed by atoms with Crippen molar-refractivity contribution in [3.05, 3.63) is 90.0 Å². The first-order chi connectivity index (χ1) is 15.0. The van der Waals surface area contributed by atoms with E-state index in [1.807, 2.05) is 66.7 Å². The molecule has 0 aromatic heterocycles. The van der Waals surface area contributed by atoms with E-state index in [2.05, 4.69) is 31.5 Å². The van der Waals surface area contributed by atoms with Gasteiger partial charge in [-0.2, -0.15) is 0 Å². The number of hydrogen-bond acceptors (Lipinski definition) is 2. The summed E-state index contributed by atoms with van der Waals surface area (Å²) in [5, 5.41) is 3.06. The van der Waals surface area contributed by atoms with Gasteiger partial charge in [0.15, 0.2) is 0 Å². The average Bonchev–Trinajstić information content (AvgIpc) is 2.81. The molecular formula is C27H31ClN2O2. The molecule has 4 nitrogen and oxygen atoms in total. The van der Waals surface area contributed by atoms with Crippen molar-refractivity contribution in [2.45, 2.75) is 25.4 Å². The first kappa shape index (κ1) is 24.0. The number of benzene rings is 3. The molecule has 1 aliphatic rings. The van der Waals surface area contributed by atoms with Crippen LogP contribution in [0.25, 0.3) is 11.1 Å². The van der Waals surface area contributed by atoms with Crippen molar-refractivity contribution in [1.29, 1.82) is 0 Å². The minimum absolute atomic E-state index is 0. The number of carbonyl (C=O) groups excluding carboxylic acids is 1. The van der Waals surface area contributed by atoms with Gasteiger partial charge in [-0.25, -0.2) is 0 Å². The van der Waals surface area contributed by atoms with Crippen LogP contribution in [-0.2, 0) is 11.3 Å². The molecule has 168 valence electrons.